The number of hydrogen-bond donors (Lipinski definition) is 2. The molecule has 0 aliphatic heterocycles. The Morgan fingerprint density at radius 3 is 2.33 bits per heavy atom. The number of halogens is 1. The van der Waals surface area contributed by atoms with Gasteiger partial charge in [0.15, 0.2) is 0 Å². The van der Waals surface area contributed by atoms with Gasteiger partial charge in [-0.15, -0.1) is 0 Å². The fraction of sp³-hybridized carbons (Fsp3) is 0.800. The summed E-state index contributed by atoms with van der Waals surface area (Å²) in [4.78, 5) is 21.7. The number of nitrogens with one attached hydrogen (secondary N) is 1. The lowest BCUT2D eigenvalue weighted by molar-refractivity contribution is -0.121. The molecule has 0 heterocycles. The number of rotatable bonds is 4. The van der Waals surface area contributed by atoms with Crippen molar-refractivity contribution in [1.82, 2.24) is 5.32 Å². The van der Waals surface area contributed by atoms with Gasteiger partial charge >= 0.3 is 6.09 Å². The molecule has 15 heavy (non-hydrogen) atoms. The van der Waals surface area contributed by atoms with Gasteiger partial charge < -0.3 is 10.4 Å². The van der Waals surface area contributed by atoms with E-state index in [1.165, 1.54) is 0 Å². The molecular weight excluding hydrogens is 262 g/mol. The third-order valence-corrected chi connectivity index (χ3v) is 3.53. The summed E-state index contributed by atoms with van der Waals surface area (Å²) in [7, 11) is 0. The van der Waals surface area contributed by atoms with Crippen LogP contribution in [-0.2, 0) is 4.79 Å². The first kappa shape index (κ1) is 12.5. The molecule has 0 radical (unpaired) electrons. The topological polar surface area (TPSA) is 66.4 Å². The van der Waals surface area contributed by atoms with E-state index in [9.17, 15) is 9.59 Å². The fourth-order valence-electron chi connectivity index (χ4n) is 2.03. The number of ketones is 1. The molecule has 0 aromatic heterocycles. The first-order valence-electron chi connectivity index (χ1n) is 5.19. The Labute approximate surface area is 97.6 Å². The first-order valence-corrected chi connectivity index (χ1v) is 6.31. The van der Waals surface area contributed by atoms with Gasteiger partial charge in [-0.1, -0.05) is 15.9 Å². The Morgan fingerprint density at radius 1 is 1.27 bits per heavy atom. The zero-order valence-corrected chi connectivity index (χ0v) is 10.1. The van der Waals surface area contributed by atoms with E-state index >= 15 is 0 Å². The minimum Gasteiger partial charge on any atom is -0.465 e. The van der Waals surface area contributed by atoms with Crippen LogP contribution in [0.15, 0.2) is 0 Å². The van der Waals surface area contributed by atoms with Crippen LogP contribution in [0.3, 0.4) is 0 Å². The van der Waals surface area contributed by atoms with Gasteiger partial charge in [-0.05, 0) is 31.6 Å². The quantitative estimate of drug-likeness (QED) is 0.773. The molecule has 1 rings (SSSR count). The monoisotopic (exact) mass is 277 g/mol. The Hall–Kier alpha value is -0.580. The minimum atomic E-state index is -0.964. The van der Waals surface area contributed by atoms with Crippen LogP contribution in [0.2, 0.25) is 0 Å². The van der Waals surface area contributed by atoms with Crippen molar-refractivity contribution < 1.29 is 14.7 Å². The first-order chi connectivity index (χ1) is 7.13. The Balaban J connectivity index is 2.23. The van der Waals surface area contributed by atoms with E-state index in [1.54, 1.807) is 0 Å². The van der Waals surface area contributed by atoms with Crippen molar-refractivity contribution in [2.75, 3.05) is 11.9 Å². The maximum Gasteiger partial charge on any atom is 0.404 e. The van der Waals surface area contributed by atoms with Crippen molar-refractivity contribution in [3.8, 4) is 0 Å². The Bertz CT molecular complexity index is 237. The third-order valence-electron chi connectivity index (χ3n) is 2.98. The Morgan fingerprint density at radius 2 is 1.87 bits per heavy atom. The zero-order valence-electron chi connectivity index (χ0n) is 8.54. The highest BCUT2D eigenvalue weighted by Gasteiger charge is 2.25. The molecule has 2 N–H and O–H groups in total. The predicted octanol–water partition coefficient (Wildman–Crippen LogP) is 2.02. The van der Waals surface area contributed by atoms with Gasteiger partial charge in [0.1, 0.15) is 5.78 Å². The predicted molar refractivity (Wildman–Crippen MR) is 60.3 cm³/mol. The van der Waals surface area contributed by atoms with Gasteiger partial charge in [0.05, 0.1) is 5.33 Å². The van der Waals surface area contributed by atoms with Crippen molar-refractivity contribution >= 4 is 27.8 Å². The SMILES string of the molecule is O=C(O)NC[C@H]1CC[C@H](C(=O)CBr)CC1. The average Bonchev–Trinajstić information content (AvgIpc) is 2.26. The molecular formula is C10H16BrNO3. The molecule has 0 aromatic carbocycles. The van der Waals surface area contributed by atoms with Gasteiger partial charge in [0.25, 0.3) is 0 Å². The van der Waals surface area contributed by atoms with Crippen molar-refractivity contribution in [2.24, 2.45) is 11.8 Å². The molecule has 5 heteroatoms. The molecule has 1 aliphatic rings. The van der Waals surface area contributed by atoms with Gasteiger partial charge in [-0.3, -0.25) is 4.79 Å². The van der Waals surface area contributed by atoms with E-state index in [0.29, 0.717) is 17.8 Å². The number of alkyl halides is 1. The number of amides is 1. The van der Waals surface area contributed by atoms with Crippen LogP contribution in [0.25, 0.3) is 0 Å². The van der Waals surface area contributed by atoms with Crippen molar-refractivity contribution in [2.45, 2.75) is 25.7 Å². The molecule has 1 amide bonds. The standard InChI is InChI=1S/C10H16BrNO3/c11-5-9(13)8-3-1-7(2-4-8)6-12-10(14)15/h7-8,12H,1-6H2,(H,14,15)/t7-,8-. The molecule has 0 spiro atoms. The van der Waals surface area contributed by atoms with Gasteiger partial charge in [-0.25, -0.2) is 4.79 Å². The summed E-state index contributed by atoms with van der Waals surface area (Å²) in [6.45, 7) is 0.518. The van der Waals surface area contributed by atoms with Crippen LogP contribution >= 0.6 is 15.9 Å². The van der Waals surface area contributed by atoms with Crippen LogP contribution in [0.1, 0.15) is 25.7 Å². The van der Waals surface area contributed by atoms with Crippen LogP contribution in [0, 0.1) is 11.8 Å². The summed E-state index contributed by atoms with van der Waals surface area (Å²) in [5.74, 6) is 0.866. The van der Waals surface area contributed by atoms with E-state index in [2.05, 4.69) is 21.2 Å². The normalized spacial score (nSPS) is 25.9. The smallest absolute Gasteiger partial charge is 0.404 e. The van der Waals surface area contributed by atoms with Gasteiger partial charge in [0.2, 0.25) is 0 Å². The molecule has 86 valence electrons. The minimum absolute atomic E-state index is 0.186. The second kappa shape index (κ2) is 6.10. The van der Waals surface area contributed by atoms with E-state index in [1.807, 2.05) is 0 Å². The van der Waals surface area contributed by atoms with Crippen LogP contribution in [-0.4, -0.2) is 28.9 Å². The summed E-state index contributed by atoms with van der Waals surface area (Å²) in [5, 5.41) is 11.3. The summed E-state index contributed by atoms with van der Waals surface area (Å²) in [6.07, 6.45) is 2.73. The van der Waals surface area contributed by atoms with E-state index in [4.69, 9.17) is 5.11 Å². The van der Waals surface area contributed by atoms with Crippen LogP contribution in [0.4, 0.5) is 4.79 Å². The number of carbonyl (C=O) groups is 2. The van der Waals surface area contributed by atoms with Crippen LogP contribution < -0.4 is 5.32 Å². The lowest BCUT2D eigenvalue weighted by Gasteiger charge is -2.27. The van der Waals surface area contributed by atoms with E-state index in [0.717, 1.165) is 25.7 Å². The molecule has 0 bridgehead atoms. The zero-order chi connectivity index (χ0) is 11.3. The van der Waals surface area contributed by atoms with E-state index < -0.39 is 6.09 Å². The fourth-order valence-corrected chi connectivity index (χ4v) is 2.49. The molecule has 1 saturated carbocycles. The highest BCUT2D eigenvalue weighted by molar-refractivity contribution is 9.09. The summed E-state index contributed by atoms with van der Waals surface area (Å²) in [5.41, 5.74) is 0. The molecule has 1 aliphatic carbocycles. The third kappa shape index (κ3) is 4.20. The van der Waals surface area contributed by atoms with Crippen LogP contribution in [0.5, 0.6) is 0 Å². The lowest BCUT2D eigenvalue weighted by Crippen LogP contribution is -2.31. The maximum absolute atomic E-state index is 11.4. The van der Waals surface area contributed by atoms with E-state index in [-0.39, 0.29) is 11.7 Å². The number of carboxylic acid groups (broad SMARTS) is 1. The molecule has 0 unspecified atom stereocenters. The Kier molecular flexibility index (Phi) is 5.08. The summed E-state index contributed by atoms with van der Waals surface area (Å²) >= 11 is 3.18. The van der Waals surface area contributed by atoms with Gasteiger partial charge in [0, 0.05) is 12.5 Å². The highest BCUT2D eigenvalue weighted by atomic mass is 79.9. The molecule has 0 atom stereocenters. The highest BCUT2D eigenvalue weighted by Crippen LogP contribution is 2.29. The second-order valence-electron chi connectivity index (χ2n) is 4.00. The second-order valence-corrected chi connectivity index (χ2v) is 4.56. The van der Waals surface area contributed by atoms with Gasteiger partial charge in [-0.2, -0.15) is 0 Å². The molecule has 1 fully saturated rings. The molecule has 0 aromatic rings. The summed E-state index contributed by atoms with van der Waals surface area (Å²) in [6, 6.07) is 0. The summed E-state index contributed by atoms with van der Waals surface area (Å²) < 4.78 is 0. The van der Waals surface area contributed by atoms with Crippen molar-refractivity contribution in [3.63, 3.8) is 0 Å². The number of Topliss-reactive ketones (excluding diaryl/α,β-unsaturated/α-hetero) is 1. The lowest BCUT2D eigenvalue weighted by atomic mass is 9.80. The maximum atomic E-state index is 11.4. The van der Waals surface area contributed by atoms with Crippen molar-refractivity contribution in [3.05, 3.63) is 0 Å². The molecule has 4 nitrogen and oxygen atoms in total. The largest absolute Gasteiger partial charge is 0.465 e. The molecule has 0 saturated heterocycles. The average molecular weight is 278 g/mol. The van der Waals surface area contributed by atoms with Crippen molar-refractivity contribution in [1.29, 1.82) is 0 Å². The number of carbonyl (C=O) groups excluding carboxylic acids is 1. The number of hydrogen-bond acceptors (Lipinski definition) is 2.